The van der Waals surface area contributed by atoms with E-state index >= 15 is 0 Å². The summed E-state index contributed by atoms with van der Waals surface area (Å²) in [6.45, 7) is 1.70. The second kappa shape index (κ2) is 5.78. The van der Waals surface area contributed by atoms with Crippen LogP contribution in [-0.4, -0.2) is 35.6 Å². The van der Waals surface area contributed by atoms with Crippen LogP contribution in [0.5, 0.6) is 0 Å². The molecule has 1 aromatic carbocycles. The Hall–Kier alpha value is -1.63. The van der Waals surface area contributed by atoms with Gasteiger partial charge in [0.15, 0.2) is 0 Å². The summed E-state index contributed by atoms with van der Waals surface area (Å²) >= 11 is 5.78. The Bertz CT molecular complexity index is 498. The molecule has 108 valence electrons. The third-order valence-corrected chi connectivity index (χ3v) is 3.16. The maximum Gasteiger partial charge on any atom is 0.421 e. The summed E-state index contributed by atoms with van der Waals surface area (Å²) in [5.74, 6) is -4.05. The number of rotatable bonds is 5. The van der Waals surface area contributed by atoms with E-state index in [9.17, 15) is 14.7 Å². The van der Waals surface area contributed by atoms with Crippen LogP contribution < -0.4 is 5.32 Å². The summed E-state index contributed by atoms with van der Waals surface area (Å²) in [5, 5.41) is 13.0. The molecule has 0 radical (unpaired) electrons. The second-order valence-electron chi connectivity index (χ2n) is 4.43. The lowest BCUT2D eigenvalue weighted by atomic mass is 10.1. The molecule has 0 aromatic heterocycles. The van der Waals surface area contributed by atoms with Crippen molar-refractivity contribution in [1.82, 2.24) is 5.32 Å². The smallest absolute Gasteiger partial charge is 0.397 e. The van der Waals surface area contributed by atoms with Crippen molar-refractivity contribution in [2.45, 2.75) is 25.4 Å². The predicted molar refractivity (Wildman–Crippen MR) is 69.8 cm³/mol. The van der Waals surface area contributed by atoms with Crippen LogP contribution in [0, 0.1) is 0 Å². The van der Waals surface area contributed by atoms with E-state index in [4.69, 9.17) is 21.1 Å². The van der Waals surface area contributed by atoms with Gasteiger partial charge in [0, 0.05) is 11.6 Å². The average molecular weight is 300 g/mol. The van der Waals surface area contributed by atoms with Crippen molar-refractivity contribution in [1.29, 1.82) is 0 Å². The van der Waals surface area contributed by atoms with Gasteiger partial charge in [0.05, 0.1) is 0 Å². The number of aliphatic hydroxyl groups excluding tert-OH is 1. The molecule has 0 spiro atoms. The van der Waals surface area contributed by atoms with Gasteiger partial charge in [-0.3, -0.25) is 0 Å². The number of halogens is 1. The minimum Gasteiger partial charge on any atom is -0.397 e. The zero-order chi connectivity index (χ0) is 14.8. The number of benzene rings is 1. The zero-order valence-corrected chi connectivity index (χ0v) is 11.5. The summed E-state index contributed by atoms with van der Waals surface area (Å²) in [6, 6.07) is 7.23. The average Bonchev–Trinajstić information content (AvgIpc) is 2.69. The van der Waals surface area contributed by atoms with E-state index in [0.29, 0.717) is 18.0 Å². The van der Waals surface area contributed by atoms with Crippen molar-refractivity contribution < 1.29 is 24.2 Å². The second-order valence-corrected chi connectivity index (χ2v) is 4.86. The van der Waals surface area contributed by atoms with Gasteiger partial charge in [-0.05, 0) is 31.0 Å². The molecule has 0 amide bonds. The predicted octanol–water partition coefficient (Wildman–Crippen LogP) is 0.607. The number of hydrogen-bond acceptors (Lipinski definition) is 6. The lowest BCUT2D eigenvalue weighted by molar-refractivity contribution is -0.231. The van der Waals surface area contributed by atoms with Gasteiger partial charge in [0.2, 0.25) is 0 Å². The Morgan fingerprint density at radius 2 is 1.80 bits per heavy atom. The van der Waals surface area contributed by atoms with Gasteiger partial charge in [-0.2, -0.15) is 0 Å². The number of carbonyl (C=O) groups excluding carboxylic acids is 2. The van der Waals surface area contributed by atoms with Crippen LogP contribution in [0.15, 0.2) is 24.3 Å². The van der Waals surface area contributed by atoms with Crippen LogP contribution in [0.4, 0.5) is 0 Å². The van der Waals surface area contributed by atoms with Crippen LogP contribution in [-0.2, 0) is 25.5 Å². The van der Waals surface area contributed by atoms with E-state index in [1.54, 1.807) is 12.1 Å². The molecular formula is C13H14ClNO5. The molecule has 6 nitrogen and oxygen atoms in total. The van der Waals surface area contributed by atoms with Crippen molar-refractivity contribution in [3.63, 3.8) is 0 Å². The molecule has 1 fully saturated rings. The van der Waals surface area contributed by atoms with Crippen molar-refractivity contribution in [3.8, 4) is 0 Å². The van der Waals surface area contributed by atoms with E-state index in [0.717, 1.165) is 5.56 Å². The first-order valence-electron chi connectivity index (χ1n) is 6.07. The Morgan fingerprint density at radius 3 is 2.30 bits per heavy atom. The SMILES string of the molecule is CC(O)C1(NCCc2ccc(Cl)cc2)OC(=O)C(=O)O1. The lowest BCUT2D eigenvalue weighted by Gasteiger charge is -2.28. The van der Waals surface area contributed by atoms with E-state index in [1.165, 1.54) is 6.92 Å². The van der Waals surface area contributed by atoms with Crippen LogP contribution >= 0.6 is 11.6 Å². The Morgan fingerprint density at radius 1 is 1.25 bits per heavy atom. The van der Waals surface area contributed by atoms with E-state index < -0.39 is 24.0 Å². The molecule has 1 aromatic rings. The minimum absolute atomic E-state index is 0.340. The van der Waals surface area contributed by atoms with Gasteiger partial charge in [-0.15, -0.1) is 0 Å². The van der Waals surface area contributed by atoms with Crippen molar-refractivity contribution in [3.05, 3.63) is 34.9 Å². The number of aliphatic hydroxyl groups is 1. The van der Waals surface area contributed by atoms with Crippen LogP contribution in [0.25, 0.3) is 0 Å². The summed E-state index contributed by atoms with van der Waals surface area (Å²) in [7, 11) is 0. The lowest BCUT2D eigenvalue weighted by Crippen LogP contribution is -2.55. The molecule has 1 aliphatic rings. The number of nitrogens with one attached hydrogen (secondary N) is 1. The first-order valence-corrected chi connectivity index (χ1v) is 6.44. The highest BCUT2D eigenvalue weighted by Crippen LogP contribution is 2.22. The van der Waals surface area contributed by atoms with Crippen LogP contribution in [0.1, 0.15) is 12.5 Å². The Labute approximate surface area is 120 Å². The number of cyclic esters (lactones) is 2. The fourth-order valence-corrected chi connectivity index (χ4v) is 1.93. The zero-order valence-electron chi connectivity index (χ0n) is 10.8. The molecular weight excluding hydrogens is 286 g/mol. The first-order chi connectivity index (χ1) is 9.43. The maximum atomic E-state index is 11.1. The third kappa shape index (κ3) is 3.09. The van der Waals surface area contributed by atoms with Crippen molar-refractivity contribution in [2.75, 3.05) is 6.54 Å². The first kappa shape index (κ1) is 14.8. The van der Waals surface area contributed by atoms with Crippen molar-refractivity contribution >= 4 is 23.5 Å². The summed E-state index contributed by atoms with van der Waals surface area (Å²) in [4.78, 5) is 22.2. The minimum atomic E-state index is -1.80. The van der Waals surface area contributed by atoms with Gasteiger partial charge in [-0.1, -0.05) is 23.7 Å². The summed E-state index contributed by atoms with van der Waals surface area (Å²) in [6.07, 6.45) is -0.607. The summed E-state index contributed by atoms with van der Waals surface area (Å²) in [5.41, 5.74) is 0.998. The van der Waals surface area contributed by atoms with E-state index in [1.807, 2.05) is 12.1 Å². The Kier molecular flexibility index (Phi) is 4.27. The number of esters is 2. The fourth-order valence-electron chi connectivity index (χ4n) is 1.80. The van der Waals surface area contributed by atoms with Crippen molar-refractivity contribution in [2.24, 2.45) is 0 Å². The van der Waals surface area contributed by atoms with Gasteiger partial charge in [0.1, 0.15) is 6.10 Å². The highest BCUT2D eigenvalue weighted by molar-refractivity contribution is 6.31. The quantitative estimate of drug-likeness (QED) is 0.612. The highest BCUT2D eigenvalue weighted by atomic mass is 35.5. The molecule has 1 atom stereocenters. The monoisotopic (exact) mass is 299 g/mol. The molecule has 0 bridgehead atoms. The molecule has 0 aliphatic carbocycles. The molecule has 20 heavy (non-hydrogen) atoms. The normalized spacial score (nSPS) is 18.6. The third-order valence-electron chi connectivity index (χ3n) is 2.90. The van der Waals surface area contributed by atoms with Crippen LogP contribution in [0.2, 0.25) is 5.02 Å². The van der Waals surface area contributed by atoms with Gasteiger partial charge in [0.25, 0.3) is 0 Å². The van der Waals surface area contributed by atoms with E-state index in [-0.39, 0.29) is 0 Å². The molecule has 7 heteroatoms. The molecule has 1 heterocycles. The Balaban J connectivity index is 1.95. The molecule has 1 unspecified atom stereocenters. The van der Waals surface area contributed by atoms with Gasteiger partial charge in [-0.25, -0.2) is 14.9 Å². The number of carbonyl (C=O) groups is 2. The standard InChI is InChI=1S/C13H14ClNO5/c1-8(16)13(19-11(17)12(18)20-13)15-7-6-9-2-4-10(14)5-3-9/h2-5,8,15-16H,6-7H2,1H3. The van der Waals surface area contributed by atoms with E-state index in [2.05, 4.69) is 5.32 Å². The molecule has 0 saturated carbocycles. The number of ether oxygens (including phenoxy) is 2. The highest BCUT2D eigenvalue weighted by Gasteiger charge is 2.52. The fraction of sp³-hybridized carbons (Fsp3) is 0.385. The largest absolute Gasteiger partial charge is 0.421 e. The maximum absolute atomic E-state index is 11.1. The molecule has 1 saturated heterocycles. The molecule has 1 aliphatic heterocycles. The van der Waals surface area contributed by atoms with Gasteiger partial charge >= 0.3 is 17.8 Å². The number of hydrogen-bond donors (Lipinski definition) is 2. The topological polar surface area (TPSA) is 84.9 Å². The molecule has 2 rings (SSSR count). The van der Waals surface area contributed by atoms with Crippen LogP contribution in [0.3, 0.4) is 0 Å². The molecule has 2 N–H and O–H groups in total. The summed E-state index contributed by atoms with van der Waals surface area (Å²) < 4.78 is 9.57. The van der Waals surface area contributed by atoms with Gasteiger partial charge < -0.3 is 14.6 Å².